The van der Waals surface area contributed by atoms with Gasteiger partial charge in [-0.1, -0.05) is 18.2 Å². The van der Waals surface area contributed by atoms with E-state index in [1.807, 2.05) is 44.2 Å². The molecule has 2 rings (SSSR count). The molecule has 2 aromatic rings. The van der Waals surface area contributed by atoms with Gasteiger partial charge in [0.2, 0.25) is 11.8 Å². The van der Waals surface area contributed by atoms with Gasteiger partial charge in [-0.05, 0) is 26.0 Å². The molecule has 0 saturated heterocycles. The van der Waals surface area contributed by atoms with Gasteiger partial charge in [0.25, 0.3) is 0 Å². The average Bonchev–Trinajstić information content (AvgIpc) is 2.86. The number of aliphatic hydroxyl groups is 1. The Morgan fingerprint density at radius 1 is 1.33 bits per heavy atom. The average molecular weight is 288 g/mol. The summed E-state index contributed by atoms with van der Waals surface area (Å²) in [6, 6.07) is 9.60. The number of aliphatic hydroxyl groups excluding tert-OH is 1. The van der Waals surface area contributed by atoms with Crippen LogP contribution in [-0.2, 0) is 11.2 Å². The fourth-order valence-electron chi connectivity index (χ4n) is 2.13. The number of aromatic nitrogens is 1. The van der Waals surface area contributed by atoms with E-state index in [-0.39, 0.29) is 18.9 Å². The molecule has 5 heteroatoms. The van der Waals surface area contributed by atoms with E-state index >= 15 is 0 Å². The first-order chi connectivity index (χ1) is 10.2. The Bertz CT molecular complexity index is 593. The first-order valence-electron chi connectivity index (χ1n) is 7.06. The Morgan fingerprint density at radius 2 is 2.05 bits per heavy atom. The van der Waals surface area contributed by atoms with Crippen molar-refractivity contribution in [1.29, 1.82) is 0 Å². The molecule has 0 spiro atoms. The highest BCUT2D eigenvalue weighted by Crippen LogP contribution is 2.21. The molecule has 1 amide bonds. The van der Waals surface area contributed by atoms with Crippen molar-refractivity contribution < 1.29 is 14.3 Å². The number of carbonyl (C=O) groups excluding carboxylic acids is 1. The predicted molar refractivity (Wildman–Crippen MR) is 79.7 cm³/mol. The van der Waals surface area contributed by atoms with Gasteiger partial charge in [-0.25, -0.2) is 4.98 Å². The van der Waals surface area contributed by atoms with Crippen molar-refractivity contribution in [3.63, 3.8) is 0 Å². The first kappa shape index (κ1) is 15.3. The van der Waals surface area contributed by atoms with Crippen LogP contribution in [-0.4, -0.2) is 40.6 Å². The second-order valence-corrected chi connectivity index (χ2v) is 4.76. The van der Waals surface area contributed by atoms with Crippen LogP contribution in [0.1, 0.15) is 18.4 Å². The van der Waals surface area contributed by atoms with Crippen molar-refractivity contribution in [3.8, 4) is 11.5 Å². The number of oxazole rings is 1. The summed E-state index contributed by atoms with van der Waals surface area (Å²) >= 11 is 0. The lowest BCUT2D eigenvalue weighted by atomic mass is 10.2. The van der Waals surface area contributed by atoms with Crippen LogP contribution < -0.4 is 0 Å². The van der Waals surface area contributed by atoms with Crippen molar-refractivity contribution in [3.05, 3.63) is 41.8 Å². The lowest BCUT2D eigenvalue weighted by Crippen LogP contribution is -2.34. The summed E-state index contributed by atoms with van der Waals surface area (Å²) in [6.45, 7) is 4.58. The molecule has 21 heavy (non-hydrogen) atoms. The second-order valence-electron chi connectivity index (χ2n) is 4.76. The highest BCUT2D eigenvalue weighted by Gasteiger charge is 2.17. The molecule has 1 heterocycles. The minimum absolute atomic E-state index is 0.0351. The monoisotopic (exact) mass is 288 g/mol. The normalized spacial score (nSPS) is 10.6. The third-order valence-corrected chi connectivity index (χ3v) is 3.34. The van der Waals surface area contributed by atoms with Crippen LogP contribution in [0.25, 0.3) is 11.5 Å². The smallest absolute Gasteiger partial charge is 0.228 e. The van der Waals surface area contributed by atoms with E-state index in [1.54, 1.807) is 4.90 Å². The van der Waals surface area contributed by atoms with Crippen molar-refractivity contribution in [2.24, 2.45) is 0 Å². The van der Waals surface area contributed by atoms with Crippen LogP contribution >= 0.6 is 0 Å². The standard InChI is InChI=1S/C16H20N2O3/c1-3-18(9-10-19)15(20)11-14-12(2)21-16(17-14)13-7-5-4-6-8-13/h4-8,19H,3,9-11H2,1-2H3. The van der Waals surface area contributed by atoms with Gasteiger partial charge in [0.15, 0.2) is 0 Å². The molecule has 0 bridgehead atoms. The highest BCUT2D eigenvalue weighted by atomic mass is 16.4. The van der Waals surface area contributed by atoms with Crippen LogP contribution in [0.3, 0.4) is 0 Å². The van der Waals surface area contributed by atoms with Gasteiger partial charge in [-0.15, -0.1) is 0 Å². The van der Waals surface area contributed by atoms with E-state index in [0.29, 0.717) is 30.4 Å². The van der Waals surface area contributed by atoms with Gasteiger partial charge >= 0.3 is 0 Å². The molecule has 1 aromatic heterocycles. The maximum atomic E-state index is 12.2. The number of hydrogen-bond donors (Lipinski definition) is 1. The molecule has 0 aliphatic carbocycles. The van der Waals surface area contributed by atoms with Gasteiger partial charge in [-0.2, -0.15) is 0 Å². The number of amides is 1. The molecule has 0 fully saturated rings. The molecule has 0 unspecified atom stereocenters. The molecule has 0 aliphatic rings. The van der Waals surface area contributed by atoms with Gasteiger partial charge in [0, 0.05) is 18.7 Å². The number of rotatable bonds is 6. The lowest BCUT2D eigenvalue weighted by Gasteiger charge is -2.18. The molecular weight excluding hydrogens is 268 g/mol. The molecule has 0 atom stereocenters. The zero-order chi connectivity index (χ0) is 15.2. The van der Waals surface area contributed by atoms with Gasteiger partial charge in [0.1, 0.15) is 5.76 Å². The number of aryl methyl sites for hydroxylation is 1. The Hall–Kier alpha value is -2.14. The topological polar surface area (TPSA) is 66.6 Å². The van der Waals surface area contributed by atoms with Crippen molar-refractivity contribution in [2.45, 2.75) is 20.3 Å². The van der Waals surface area contributed by atoms with Gasteiger partial charge in [-0.3, -0.25) is 4.79 Å². The zero-order valence-corrected chi connectivity index (χ0v) is 12.4. The van der Waals surface area contributed by atoms with E-state index < -0.39 is 0 Å². The molecule has 112 valence electrons. The summed E-state index contributed by atoms with van der Waals surface area (Å²) in [5.74, 6) is 1.13. The Labute approximate surface area is 124 Å². The van der Waals surface area contributed by atoms with Gasteiger partial charge in [0.05, 0.1) is 18.7 Å². The van der Waals surface area contributed by atoms with Crippen molar-refractivity contribution in [1.82, 2.24) is 9.88 Å². The van der Waals surface area contributed by atoms with Crippen LogP contribution in [0.2, 0.25) is 0 Å². The van der Waals surface area contributed by atoms with Crippen LogP contribution in [0.4, 0.5) is 0 Å². The summed E-state index contributed by atoms with van der Waals surface area (Å²) in [5.41, 5.74) is 1.54. The van der Waals surface area contributed by atoms with E-state index in [4.69, 9.17) is 9.52 Å². The third kappa shape index (κ3) is 3.70. The molecule has 0 aliphatic heterocycles. The fourth-order valence-corrected chi connectivity index (χ4v) is 2.13. The summed E-state index contributed by atoms with van der Waals surface area (Å²) in [4.78, 5) is 18.2. The highest BCUT2D eigenvalue weighted by molar-refractivity contribution is 5.78. The minimum atomic E-state index is -0.0532. The van der Waals surface area contributed by atoms with Crippen LogP contribution in [0, 0.1) is 6.92 Å². The molecule has 1 N–H and O–H groups in total. The van der Waals surface area contributed by atoms with Gasteiger partial charge < -0.3 is 14.4 Å². The largest absolute Gasteiger partial charge is 0.441 e. The Balaban J connectivity index is 2.15. The predicted octanol–water partition coefficient (Wildman–Crippen LogP) is 2.03. The quantitative estimate of drug-likeness (QED) is 0.883. The fraction of sp³-hybridized carbons (Fsp3) is 0.375. The first-order valence-corrected chi connectivity index (χ1v) is 7.06. The third-order valence-electron chi connectivity index (χ3n) is 3.34. The summed E-state index contributed by atoms with van der Waals surface area (Å²) < 4.78 is 5.64. The molecule has 5 nitrogen and oxygen atoms in total. The SMILES string of the molecule is CCN(CCO)C(=O)Cc1nc(-c2ccccc2)oc1C. The molecule has 0 saturated carbocycles. The van der Waals surface area contributed by atoms with E-state index in [1.165, 1.54) is 0 Å². The molecular formula is C16H20N2O3. The minimum Gasteiger partial charge on any atom is -0.441 e. The van der Waals surface area contributed by atoms with E-state index in [2.05, 4.69) is 4.98 Å². The van der Waals surface area contributed by atoms with Crippen molar-refractivity contribution in [2.75, 3.05) is 19.7 Å². The zero-order valence-electron chi connectivity index (χ0n) is 12.4. The number of hydrogen-bond acceptors (Lipinski definition) is 4. The van der Waals surface area contributed by atoms with E-state index in [9.17, 15) is 4.79 Å². The molecule has 1 aromatic carbocycles. The summed E-state index contributed by atoms with van der Waals surface area (Å²) in [6.07, 6.45) is 0.190. The maximum absolute atomic E-state index is 12.2. The number of nitrogens with zero attached hydrogens (tertiary/aromatic N) is 2. The van der Waals surface area contributed by atoms with Crippen LogP contribution in [0.5, 0.6) is 0 Å². The Morgan fingerprint density at radius 3 is 2.67 bits per heavy atom. The maximum Gasteiger partial charge on any atom is 0.228 e. The summed E-state index contributed by atoms with van der Waals surface area (Å²) in [7, 11) is 0. The lowest BCUT2D eigenvalue weighted by molar-refractivity contribution is -0.130. The van der Waals surface area contributed by atoms with Crippen LogP contribution in [0.15, 0.2) is 34.7 Å². The van der Waals surface area contributed by atoms with E-state index in [0.717, 1.165) is 5.56 Å². The number of carbonyl (C=O) groups is 1. The number of benzene rings is 1. The second kappa shape index (κ2) is 7.04. The van der Waals surface area contributed by atoms with Crippen molar-refractivity contribution >= 4 is 5.91 Å². The summed E-state index contributed by atoms with van der Waals surface area (Å²) in [5, 5.41) is 8.96. The molecule has 0 radical (unpaired) electrons. The Kier molecular flexibility index (Phi) is 5.11. The number of likely N-dealkylation sites (N-methyl/N-ethyl adjacent to an activating group) is 1.